The molecule has 1 saturated carbocycles. The van der Waals surface area contributed by atoms with Gasteiger partial charge in [-0.1, -0.05) is 67.7 Å². The van der Waals surface area contributed by atoms with E-state index in [2.05, 4.69) is 55.7 Å². The lowest BCUT2D eigenvalue weighted by Gasteiger charge is -2.29. The fourth-order valence-corrected chi connectivity index (χ4v) is 5.00. The van der Waals surface area contributed by atoms with Crippen LogP contribution in [0.3, 0.4) is 0 Å². The summed E-state index contributed by atoms with van der Waals surface area (Å²) in [5.41, 5.74) is 8.05. The fraction of sp³-hybridized carbons (Fsp3) is 0.545. The standard InChI is InChI=1S/C22H32OSi/c1-24(2,3)16-15-18-10-5-7-13-20(18)22-19-12-6-4-9-17(19)11-8-14-21(22)23/h4,6,9,12,15-16,18,21,23H,5,7-8,10-11,13-14H2,1-3H3/b16-15+,22-20-. The molecule has 1 N–H and O–H groups in total. The molecule has 0 aromatic heterocycles. The van der Waals surface area contributed by atoms with E-state index >= 15 is 0 Å². The molecule has 1 fully saturated rings. The van der Waals surface area contributed by atoms with Gasteiger partial charge in [0.1, 0.15) is 0 Å². The zero-order chi connectivity index (χ0) is 17.2. The van der Waals surface area contributed by atoms with Crippen LogP contribution in [0.4, 0.5) is 0 Å². The third-order valence-corrected chi connectivity index (χ3v) is 6.59. The van der Waals surface area contributed by atoms with Gasteiger partial charge in [0.15, 0.2) is 0 Å². The van der Waals surface area contributed by atoms with Gasteiger partial charge >= 0.3 is 0 Å². The zero-order valence-corrected chi connectivity index (χ0v) is 16.5. The maximum absolute atomic E-state index is 10.9. The second kappa shape index (κ2) is 7.41. The quantitative estimate of drug-likeness (QED) is 0.536. The highest BCUT2D eigenvalue weighted by Crippen LogP contribution is 2.41. The van der Waals surface area contributed by atoms with Crippen molar-refractivity contribution in [2.45, 2.75) is 70.7 Å². The van der Waals surface area contributed by atoms with Crippen LogP contribution in [0.5, 0.6) is 0 Å². The van der Waals surface area contributed by atoms with Gasteiger partial charge in [-0.25, -0.2) is 0 Å². The van der Waals surface area contributed by atoms with Gasteiger partial charge in [0.25, 0.3) is 0 Å². The highest BCUT2D eigenvalue weighted by atomic mass is 28.3. The van der Waals surface area contributed by atoms with Gasteiger partial charge in [0, 0.05) is 0 Å². The van der Waals surface area contributed by atoms with Gasteiger partial charge < -0.3 is 5.11 Å². The molecule has 130 valence electrons. The molecule has 0 saturated heterocycles. The zero-order valence-electron chi connectivity index (χ0n) is 15.5. The minimum Gasteiger partial charge on any atom is -0.388 e. The van der Waals surface area contributed by atoms with Crippen molar-refractivity contribution in [2.75, 3.05) is 0 Å². The molecule has 1 aromatic rings. The second-order valence-corrected chi connectivity index (χ2v) is 13.6. The van der Waals surface area contributed by atoms with Crippen LogP contribution in [-0.4, -0.2) is 19.3 Å². The van der Waals surface area contributed by atoms with Crippen LogP contribution >= 0.6 is 0 Å². The lowest BCUT2D eigenvalue weighted by molar-refractivity contribution is 0.219. The molecular formula is C22H32OSi. The van der Waals surface area contributed by atoms with Crippen molar-refractivity contribution in [2.24, 2.45) is 5.92 Å². The normalized spacial score (nSPS) is 28.7. The minimum atomic E-state index is -1.18. The Balaban J connectivity index is 2.07. The van der Waals surface area contributed by atoms with Gasteiger partial charge in [-0.05, 0) is 61.1 Å². The first-order valence-electron chi connectivity index (χ1n) is 9.64. The molecule has 0 spiro atoms. The summed E-state index contributed by atoms with van der Waals surface area (Å²) in [7, 11) is -1.18. The molecule has 24 heavy (non-hydrogen) atoms. The van der Waals surface area contributed by atoms with Crippen LogP contribution in [0, 0.1) is 5.92 Å². The summed E-state index contributed by atoms with van der Waals surface area (Å²) >= 11 is 0. The summed E-state index contributed by atoms with van der Waals surface area (Å²) in [5, 5.41) is 10.9. The number of rotatable bonds is 2. The predicted molar refractivity (Wildman–Crippen MR) is 107 cm³/mol. The van der Waals surface area contributed by atoms with Crippen molar-refractivity contribution in [3.63, 3.8) is 0 Å². The minimum absolute atomic E-state index is 0.287. The van der Waals surface area contributed by atoms with E-state index in [9.17, 15) is 5.11 Å². The van der Waals surface area contributed by atoms with Gasteiger partial charge in [0.2, 0.25) is 0 Å². The molecule has 0 heterocycles. The molecule has 0 radical (unpaired) electrons. The topological polar surface area (TPSA) is 20.2 Å². The lowest BCUT2D eigenvalue weighted by atomic mass is 9.78. The second-order valence-electron chi connectivity index (χ2n) is 8.58. The van der Waals surface area contributed by atoms with Crippen LogP contribution in [0.1, 0.15) is 49.7 Å². The summed E-state index contributed by atoms with van der Waals surface area (Å²) in [4.78, 5) is 0. The summed E-state index contributed by atoms with van der Waals surface area (Å²) in [6.07, 6.45) is 10.3. The average molecular weight is 341 g/mol. The van der Waals surface area contributed by atoms with Crippen molar-refractivity contribution < 1.29 is 5.11 Å². The summed E-state index contributed by atoms with van der Waals surface area (Å²) < 4.78 is 0. The van der Waals surface area contributed by atoms with Crippen LogP contribution in [0.2, 0.25) is 19.6 Å². The van der Waals surface area contributed by atoms with Crippen molar-refractivity contribution >= 4 is 13.6 Å². The maximum Gasteiger partial charge on any atom is 0.0795 e. The van der Waals surface area contributed by atoms with Crippen LogP contribution in [0.15, 0.2) is 41.6 Å². The molecule has 0 aliphatic heterocycles. The Hall–Kier alpha value is -1.12. The third-order valence-electron chi connectivity index (χ3n) is 5.40. The number of allylic oxidation sites excluding steroid dienone is 2. The van der Waals surface area contributed by atoms with Crippen molar-refractivity contribution in [3.05, 3.63) is 52.7 Å². The molecule has 2 aliphatic carbocycles. The monoisotopic (exact) mass is 340 g/mol. The van der Waals surface area contributed by atoms with E-state index in [0.29, 0.717) is 5.92 Å². The van der Waals surface area contributed by atoms with E-state index in [0.717, 1.165) is 25.7 Å². The number of benzene rings is 1. The number of aliphatic hydroxyl groups is 1. The maximum atomic E-state index is 10.9. The van der Waals surface area contributed by atoms with Gasteiger partial charge in [-0.3, -0.25) is 0 Å². The van der Waals surface area contributed by atoms with Crippen molar-refractivity contribution in [1.29, 1.82) is 0 Å². The molecule has 1 nitrogen and oxygen atoms in total. The molecule has 0 bridgehead atoms. The summed E-state index contributed by atoms with van der Waals surface area (Å²) in [6.45, 7) is 7.19. The summed E-state index contributed by atoms with van der Waals surface area (Å²) in [6, 6.07) is 8.76. The predicted octanol–water partition coefficient (Wildman–Crippen LogP) is 5.76. The summed E-state index contributed by atoms with van der Waals surface area (Å²) in [5.74, 6) is 0.529. The first kappa shape index (κ1) is 17.7. The lowest BCUT2D eigenvalue weighted by Crippen LogP contribution is -2.19. The van der Waals surface area contributed by atoms with E-state index in [1.54, 1.807) is 0 Å². The number of hydrogen-bond donors (Lipinski definition) is 1. The highest BCUT2D eigenvalue weighted by Gasteiger charge is 2.28. The Morgan fingerprint density at radius 1 is 1.00 bits per heavy atom. The Labute approximate surface area is 148 Å². The molecule has 2 aliphatic rings. The Morgan fingerprint density at radius 2 is 1.79 bits per heavy atom. The first-order valence-corrected chi connectivity index (χ1v) is 13.2. The number of aliphatic hydroxyl groups excluding tert-OH is 1. The van der Waals surface area contributed by atoms with Gasteiger partial charge in [-0.2, -0.15) is 0 Å². The van der Waals surface area contributed by atoms with Crippen LogP contribution < -0.4 is 0 Å². The van der Waals surface area contributed by atoms with E-state index < -0.39 is 8.07 Å². The Kier molecular flexibility index (Phi) is 5.46. The first-order chi connectivity index (χ1) is 11.5. The largest absolute Gasteiger partial charge is 0.388 e. The molecule has 1 aromatic carbocycles. The number of fused-ring (bicyclic) bond motifs is 1. The Bertz CT molecular complexity index is 636. The van der Waals surface area contributed by atoms with Gasteiger partial charge in [0.05, 0.1) is 14.2 Å². The smallest absolute Gasteiger partial charge is 0.0795 e. The Morgan fingerprint density at radius 3 is 2.58 bits per heavy atom. The molecule has 2 atom stereocenters. The fourth-order valence-electron chi connectivity index (χ4n) is 4.19. The highest BCUT2D eigenvalue weighted by molar-refractivity contribution is 6.80. The number of hydrogen-bond acceptors (Lipinski definition) is 1. The molecule has 2 unspecified atom stereocenters. The van der Waals surface area contributed by atoms with E-state index in [1.807, 2.05) is 0 Å². The molecule has 2 heteroatoms. The van der Waals surface area contributed by atoms with Crippen LogP contribution in [-0.2, 0) is 6.42 Å². The van der Waals surface area contributed by atoms with E-state index in [1.165, 1.54) is 41.5 Å². The molecular weight excluding hydrogens is 308 g/mol. The van der Waals surface area contributed by atoms with Crippen LogP contribution in [0.25, 0.3) is 5.57 Å². The van der Waals surface area contributed by atoms with Gasteiger partial charge in [-0.15, -0.1) is 0 Å². The third kappa shape index (κ3) is 4.10. The van der Waals surface area contributed by atoms with E-state index in [-0.39, 0.29) is 6.10 Å². The average Bonchev–Trinajstić information content (AvgIpc) is 2.71. The molecule has 0 amide bonds. The van der Waals surface area contributed by atoms with Crippen molar-refractivity contribution in [1.82, 2.24) is 0 Å². The SMILES string of the molecule is C[Si](C)(C)/C=C/C1CCCC/C1=C1\c2ccccc2CCCC1O. The van der Waals surface area contributed by atoms with Crippen molar-refractivity contribution in [3.8, 4) is 0 Å². The van der Waals surface area contributed by atoms with E-state index in [4.69, 9.17) is 0 Å². The molecule has 3 rings (SSSR count). The number of aryl methyl sites for hydroxylation is 1.